The van der Waals surface area contributed by atoms with E-state index in [1.54, 1.807) is 6.20 Å². The number of nitrogens with one attached hydrogen (secondary N) is 1. The second-order valence-corrected chi connectivity index (χ2v) is 5.43. The summed E-state index contributed by atoms with van der Waals surface area (Å²) >= 11 is 0. The minimum Gasteiger partial charge on any atom is -0.480 e. The van der Waals surface area contributed by atoms with Crippen molar-refractivity contribution in [3.63, 3.8) is 0 Å². The number of likely N-dealkylation sites (tertiary alicyclic amines) is 1. The van der Waals surface area contributed by atoms with E-state index < -0.39 is 18.1 Å². The number of amides is 1. The molecule has 0 bridgehead atoms. The number of nitrogens with zero attached hydrogens (tertiary/aromatic N) is 2. The normalized spacial score (nSPS) is 22.7. The van der Waals surface area contributed by atoms with Crippen LogP contribution in [-0.4, -0.2) is 62.4 Å². The molecule has 1 fully saturated rings. The van der Waals surface area contributed by atoms with Gasteiger partial charge in [-0.15, -0.1) is 0 Å². The Kier molecular flexibility index (Phi) is 7.00. The Morgan fingerprint density at radius 3 is 2.68 bits per heavy atom. The average molecular weight is 312 g/mol. The number of aliphatic hydroxyl groups excluding tert-OH is 1. The largest absolute Gasteiger partial charge is 0.480 e. The highest BCUT2D eigenvalue weighted by molar-refractivity contribution is 5.74. The van der Waals surface area contributed by atoms with Crippen LogP contribution in [0.4, 0.5) is 0 Å². The number of H-pyrrole nitrogens is 1. The second kappa shape index (κ2) is 8.50. The van der Waals surface area contributed by atoms with Crippen LogP contribution >= 0.6 is 0 Å². The van der Waals surface area contributed by atoms with Gasteiger partial charge in [-0.2, -0.15) is 5.10 Å². The number of aliphatic carboxylic acids is 1. The van der Waals surface area contributed by atoms with Crippen molar-refractivity contribution in [2.24, 2.45) is 5.73 Å². The van der Waals surface area contributed by atoms with Crippen LogP contribution in [0, 0.1) is 0 Å². The van der Waals surface area contributed by atoms with E-state index >= 15 is 0 Å². The monoisotopic (exact) mass is 312 g/mol. The summed E-state index contributed by atoms with van der Waals surface area (Å²) in [6.45, 7) is 4.26. The first kappa shape index (κ1) is 18.1. The quantitative estimate of drug-likeness (QED) is 0.601. The van der Waals surface area contributed by atoms with Crippen molar-refractivity contribution in [2.75, 3.05) is 13.1 Å². The number of primary amides is 1. The van der Waals surface area contributed by atoms with Gasteiger partial charge in [0, 0.05) is 37.8 Å². The minimum absolute atomic E-state index is 0.151. The highest BCUT2D eigenvalue weighted by atomic mass is 16.4. The molecule has 124 valence electrons. The number of hydrogen-bond donors (Lipinski definition) is 4. The molecule has 1 aromatic rings. The van der Waals surface area contributed by atoms with Crippen molar-refractivity contribution >= 4 is 11.9 Å². The number of carbonyl (C=O) groups is 2. The van der Waals surface area contributed by atoms with Crippen molar-refractivity contribution in [3.8, 4) is 0 Å². The average Bonchev–Trinajstić information content (AvgIpc) is 3.05. The summed E-state index contributed by atoms with van der Waals surface area (Å²) in [7, 11) is 0. The van der Waals surface area contributed by atoms with Crippen molar-refractivity contribution in [3.05, 3.63) is 18.0 Å². The van der Waals surface area contributed by atoms with Crippen LogP contribution in [0.1, 0.15) is 38.3 Å². The fourth-order valence-electron chi connectivity index (χ4n) is 2.48. The van der Waals surface area contributed by atoms with Crippen LogP contribution in [-0.2, 0) is 9.59 Å². The fraction of sp³-hybridized carbons (Fsp3) is 0.643. The summed E-state index contributed by atoms with van der Waals surface area (Å²) in [5.74, 6) is -1.00. The number of carbonyl (C=O) groups excluding carboxylic acids is 1. The van der Waals surface area contributed by atoms with E-state index in [0.717, 1.165) is 5.69 Å². The minimum atomic E-state index is -0.819. The van der Waals surface area contributed by atoms with Gasteiger partial charge in [0.15, 0.2) is 0 Å². The molecule has 3 atom stereocenters. The lowest BCUT2D eigenvalue weighted by molar-refractivity contribution is -0.142. The molecule has 8 heteroatoms. The van der Waals surface area contributed by atoms with Crippen molar-refractivity contribution in [1.82, 2.24) is 15.1 Å². The molecule has 1 aliphatic rings. The van der Waals surface area contributed by atoms with Crippen molar-refractivity contribution < 1.29 is 19.8 Å². The zero-order chi connectivity index (χ0) is 16.7. The molecule has 2 heterocycles. The molecule has 5 N–H and O–H groups in total. The Morgan fingerprint density at radius 1 is 1.59 bits per heavy atom. The maximum absolute atomic E-state index is 11.2. The third-order valence-electron chi connectivity index (χ3n) is 3.57. The summed E-state index contributed by atoms with van der Waals surface area (Å²) in [4.78, 5) is 22.3. The molecule has 1 amide bonds. The predicted molar refractivity (Wildman–Crippen MR) is 80.1 cm³/mol. The summed E-state index contributed by atoms with van der Waals surface area (Å²) in [5, 5.41) is 25.7. The fourth-order valence-corrected chi connectivity index (χ4v) is 2.48. The van der Waals surface area contributed by atoms with Crippen LogP contribution in [0.25, 0.3) is 0 Å². The van der Waals surface area contributed by atoms with Gasteiger partial charge in [-0.05, 0) is 18.9 Å². The first-order valence-corrected chi connectivity index (χ1v) is 7.25. The van der Waals surface area contributed by atoms with Gasteiger partial charge in [-0.1, -0.05) is 6.92 Å². The molecule has 22 heavy (non-hydrogen) atoms. The van der Waals surface area contributed by atoms with Crippen molar-refractivity contribution in [1.29, 1.82) is 0 Å². The standard InChI is InChI=1S/C12H19N3O3.C2H5NO/c1-2-9(16)7-15-6-8(5-11(15)12(17)18)10-3-4-13-14-10;1-2(3)4/h3-4,8-9,11,16H,2,5-7H2,1H3,(H,13,14)(H,17,18);1H3,(H2,3,4). The van der Waals surface area contributed by atoms with Gasteiger partial charge in [-0.3, -0.25) is 19.6 Å². The third kappa shape index (κ3) is 5.45. The molecule has 0 saturated carbocycles. The van der Waals surface area contributed by atoms with Gasteiger partial charge in [-0.25, -0.2) is 0 Å². The lowest BCUT2D eigenvalue weighted by Gasteiger charge is -2.23. The zero-order valence-electron chi connectivity index (χ0n) is 12.9. The molecule has 1 saturated heterocycles. The lowest BCUT2D eigenvalue weighted by Crippen LogP contribution is -2.40. The topological polar surface area (TPSA) is 133 Å². The van der Waals surface area contributed by atoms with E-state index in [9.17, 15) is 19.8 Å². The highest BCUT2D eigenvalue weighted by Gasteiger charge is 2.38. The third-order valence-corrected chi connectivity index (χ3v) is 3.57. The number of carboxylic acid groups (broad SMARTS) is 1. The lowest BCUT2D eigenvalue weighted by atomic mass is 10.0. The molecule has 2 rings (SSSR count). The molecule has 8 nitrogen and oxygen atoms in total. The number of rotatable bonds is 5. The van der Waals surface area contributed by atoms with Crippen molar-refractivity contribution in [2.45, 2.75) is 44.8 Å². The number of aromatic amines is 1. The van der Waals surface area contributed by atoms with Gasteiger partial charge in [0.2, 0.25) is 5.91 Å². The number of aliphatic hydroxyl groups is 1. The van der Waals surface area contributed by atoms with Gasteiger partial charge >= 0.3 is 5.97 Å². The first-order valence-electron chi connectivity index (χ1n) is 7.25. The SMILES string of the molecule is CC(N)=O.CCC(O)CN1CC(c2ccn[nH]2)CC1C(=O)O. The molecular weight excluding hydrogens is 288 g/mol. The summed E-state index contributed by atoms with van der Waals surface area (Å²) in [6, 6.07) is 1.36. The summed E-state index contributed by atoms with van der Waals surface area (Å²) in [5.41, 5.74) is 5.44. The summed E-state index contributed by atoms with van der Waals surface area (Å²) in [6.07, 6.45) is 2.41. The maximum Gasteiger partial charge on any atom is 0.320 e. The van der Waals surface area contributed by atoms with Crippen LogP contribution in [0.5, 0.6) is 0 Å². The Bertz CT molecular complexity index is 473. The Morgan fingerprint density at radius 2 is 2.23 bits per heavy atom. The van der Waals surface area contributed by atoms with Crippen LogP contribution < -0.4 is 5.73 Å². The number of hydrogen-bond acceptors (Lipinski definition) is 5. The Balaban J connectivity index is 0.000000541. The van der Waals surface area contributed by atoms with E-state index in [4.69, 9.17) is 0 Å². The van der Waals surface area contributed by atoms with E-state index in [1.165, 1.54) is 6.92 Å². The van der Waals surface area contributed by atoms with Gasteiger partial charge in [0.05, 0.1) is 6.10 Å². The second-order valence-electron chi connectivity index (χ2n) is 5.43. The van der Waals surface area contributed by atoms with Crippen LogP contribution in [0.2, 0.25) is 0 Å². The molecule has 1 aromatic heterocycles. The smallest absolute Gasteiger partial charge is 0.320 e. The molecular formula is C14H24N4O4. The molecule has 0 aromatic carbocycles. The van der Waals surface area contributed by atoms with Crippen LogP contribution in [0.15, 0.2) is 12.3 Å². The Labute approximate surface area is 129 Å². The number of carboxylic acids is 1. The summed E-state index contributed by atoms with van der Waals surface area (Å²) < 4.78 is 0. The number of aromatic nitrogens is 2. The molecule has 1 aliphatic heterocycles. The van der Waals surface area contributed by atoms with Gasteiger partial charge in [0.1, 0.15) is 6.04 Å². The van der Waals surface area contributed by atoms with E-state index in [2.05, 4.69) is 15.9 Å². The van der Waals surface area contributed by atoms with Gasteiger partial charge in [0.25, 0.3) is 0 Å². The molecule has 0 spiro atoms. The molecule has 0 aliphatic carbocycles. The molecule has 3 unspecified atom stereocenters. The van der Waals surface area contributed by atoms with E-state index in [0.29, 0.717) is 25.9 Å². The van der Waals surface area contributed by atoms with Crippen LogP contribution in [0.3, 0.4) is 0 Å². The zero-order valence-corrected chi connectivity index (χ0v) is 12.9. The van der Waals surface area contributed by atoms with Gasteiger partial charge < -0.3 is 15.9 Å². The van der Waals surface area contributed by atoms with E-state index in [-0.39, 0.29) is 11.8 Å². The highest BCUT2D eigenvalue weighted by Crippen LogP contribution is 2.30. The first-order chi connectivity index (χ1) is 10.3. The van der Waals surface area contributed by atoms with E-state index in [1.807, 2.05) is 17.9 Å². The maximum atomic E-state index is 11.2. The Hall–Kier alpha value is -1.93. The number of β-amino-alcohol motifs (C(OH)–C–C–N with tert-alkyl or cyclic N) is 1. The number of nitrogens with two attached hydrogens (primary N) is 1. The molecule has 0 radical (unpaired) electrons. The predicted octanol–water partition coefficient (Wildman–Crippen LogP) is -0.0853.